The van der Waals surface area contributed by atoms with Crippen molar-refractivity contribution in [1.82, 2.24) is 5.32 Å². The lowest BCUT2D eigenvalue weighted by Gasteiger charge is -2.20. The second-order valence-electron chi connectivity index (χ2n) is 4.79. The van der Waals surface area contributed by atoms with Crippen molar-refractivity contribution in [2.75, 3.05) is 0 Å². The molecule has 0 aliphatic heterocycles. The first kappa shape index (κ1) is 12.6. The van der Waals surface area contributed by atoms with E-state index in [0.29, 0.717) is 5.92 Å². The van der Waals surface area contributed by atoms with Gasteiger partial charge in [0.2, 0.25) is 5.91 Å². The summed E-state index contributed by atoms with van der Waals surface area (Å²) in [6.07, 6.45) is 2.17. The number of rotatable bonds is 5. The fourth-order valence-corrected chi connectivity index (χ4v) is 1.95. The van der Waals surface area contributed by atoms with Crippen LogP contribution in [0.15, 0.2) is 30.3 Å². The summed E-state index contributed by atoms with van der Waals surface area (Å²) in [7, 11) is 0. The quantitative estimate of drug-likeness (QED) is 0.782. The molecule has 18 heavy (non-hydrogen) atoms. The molecule has 4 heteroatoms. The van der Waals surface area contributed by atoms with Crippen LogP contribution in [-0.2, 0) is 9.59 Å². The number of nitrogens with one attached hydrogen (secondary N) is 1. The maximum absolute atomic E-state index is 11.8. The van der Waals surface area contributed by atoms with Gasteiger partial charge in [-0.2, -0.15) is 0 Å². The lowest BCUT2D eigenvalue weighted by Crippen LogP contribution is -2.37. The van der Waals surface area contributed by atoms with Crippen molar-refractivity contribution in [2.24, 2.45) is 11.8 Å². The van der Waals surface area contributed by atoms with Crippen LogP contribution < -0.4 is 5.32 Å². The van der Waals surface area contributed by atoms with Gasteiger partial charge in [0.1, 0.15) is 5.92 Å². The van der Waals surface area contributed by atoms with Crippen LogP contribution in [-0.4, -0.2) is 17.0 Å². The summed E-state index contributed by atoms with van der Waals surface area (Å²) in [4.78, 5) is 22.6. The fraction of sp³-hybridized carbons (Fsp3) is 0.429. The Morgan fingerprint density at radius 1 is 1.28 bits per heavy atom. The second-order valence-corrected chi connectivity index (χ2v) is 4.79. The van der Waals surface area contributed by atoms with Gasteiger partial charge in [-0.3, -0.25) is 9.59 Å². The number of carbonyl (C=O) groups excluding carboxylic acids is 1. The van der Waals surface area contributed by atoms with E-state index in [2.05, 4.69) is 5.32 Å². The standard InChI is InChI=1S/C14H17NO3/c1-9(14(17)18)13(16)15-12(11-7-8-11)10-5-3-2-4-6-10/h2-6,9,11-12H,7-8H2,1H3,(H,15,16)(H,17,18). The molecule has 0 aromatic heterocycles. The summed E-state index contributed by atoms with van der Waals surface area (Å²) < 4.78 is 0. The number of amides is 1. The molecule has 1 aromatic carbocycles. The molecule has 1 amide bonds. The van der Waals surface area contributed by atoms with E-state index in [9.17, 15) is 9.59 Å². The fourth-order valence-electron chi connectivity index (χ4n) is 1.95. The van der Waals surface area contributed by atoms with Crippen molar-refractivity contribution in [3.05, 3.63) is 35.9 Å². The molecular weight excluding hydrogens is 230 g/mol. The van der Waals surface area contributed by atoms with E-state index >= 15 is 0 Å². The highest BCUT2D eigenvalue weighted by molar-refractivity contribution is 5.96. The van der Waals surface area contributed by atoms with E-state index in [-0.39, 0.29) is 6.04 Å². The van der Waals surface area contributed by atoms with E-state index in [1.807, 2.05) is 30.3 Å². The zero-order valence-electron chi connectivity index (χ0n) is 10.3. The molecule has 2 rings (SSSR count). The number of benzene rings is 1. The monoisotopic (exact) mass is 247 g/mol. The zero-order valence-corrected chi connectivity index (χ0v) is 10.3. The van der Waals surface area contributed by atoms with Gasteiger partial charge in [0.25, 0.3) is 0 Å². The van der Waals surface area contributed by atoms with Crippen LogP contribution in [0, 0.1) is 11.8 Å². The topological polar surface area (TPSA) is 66.4 Å². The average molecular weight is 247 g/mol. The Morgan fingerprint density at radius 3 is 2.39 bits per heavy atom. The molecule has 0 saturated heterocycles. The number of hydrogen-bond donors (Lipinski definition) is 2. The van der Waals surface area contributed by atoms with Crippen molar-refractivity contribution >= 4 is 11.9 Å². The van der Waals surface area contributed by atoms with Crippen LogP contribution in [0.3, 0.4) is 0 Å². The van der Waals surface area contributed by atoms with Crippen molar-refractivity contribution in [3.8, 4) is 0 Å². The van der Waals surface area contributed by atoms with Crippen molar-refractivity contribution in [1.29, 1.82) is 0 Å². The molecular formula is C14H17NO3. The minimum atomic E-state index is -1.09. The summed E-state index contributed by atoms with van der Waals surface area (Å²) in [6, 6.07) is 9.66. The van der Waals surface area contributed by atoms with E-state index in [4.69, 9.17) is 5.11 Å². The predicted molar refractivity (Wildman–Crippen MR) is 66.8 cm³/mol. The number of aliphatic carboxylic acids is 1. The van der Waals surface area contributed by atoms with Crippen LogP contribution in [0.25, 0.3) is 0 Å². The molecule has 0 heterocycles. The number of hydrogen-bond acceptors (Lipinski definition) is 2. The van der Waals surface area contributed by atoms with Gasteiger partial charge in [-0.15, -0.1) is 0 Å². The molecule has 0 spiro atoms. The smallest absolute Gasteiger partial charge is 0.315 e. The highest BCUT2D eigenvalue weighted by atomic mass is 16.4. The lowest BCUT2D eigenvalue weighted by molar-refractivity contribution is -0.146. The SMILES string of the molecule is CC(C(=O)O)C(=O)NC(c1ccccc1)C1CC1. The van der Waals surface area contributed by atoms with E-state index in [1.165, 1.54) is 6.92 Å². The maximum atomic E-state index is 11.8. The van der Waals surface area contributed by atoms with E-state index in [1.54, 1.807) is 0 Å². The molecule has 1 fully saturated rings. The highest BCUT2D eigenvalue weighted by Gasteiger charge is 2.34. The first-order chi connectivity index (χ1) is 8.59. The van der Waals surface area contributed by atoms with Crippen LogP contribution in [0.1, 0.15) is 31.4 Å². The second kappa shape index (κ2) is 5.21. The third-order valence-corrected chi connectivity index (χ3v) is 3.31. The molecule has 1 aliphatic rings. The van der Waals surface area contributed by atoms with Gasteiger partial charge >= 0.3 is 5.97 Å². The van der Waals surface area contributed by atoms with E-state index < -0.39 is 17.8 Å². The van der Waals surface area contributed by atoms with Gasteiger partial charge in [-0.05, 0) is 31.2 Å². The van der Waals surface area contributed by atoms with Crippen LogP contribution in [0.4, 0.5) is 0 Å². The largest absolute Gasteiger partial charge is 0.481 e. The Bertz CT molecular complexity index is 440. The first-order valence-electron chi connectivity index (χ1n) is 6.17. The minimum absolute atomic E-state index is 0.0551. The normalized spacial score (nSPS) is 17.8. The average Bonchev–Trinajstić information content (AvgIpc) is 3.20. The van der Waals surface area contributed by atoms with Crippen molar-refractivity contribution in [2.45, 2.75) is 25.8 Å². The Hall–Kier alpha value is -1.84. The first-order valence-corrected chi connectivity index (χ1v) is 6.17. The lowest BCUT2D eigenvalue weighted by atomic mass is 10.0. The summed E-state index contributed by atoms with van der Waals surface area (Å²) in [5.74, 6) is -2.06. The predicted octanol–water partition coefficient (Wildman–Crippen LogP) is 1.97. The van der Waals surface area contributed by atoms with Gasteiger partial charge in [-0.25, -0.2) is 0 Å². The van der Waals surface area contributed by atoms with Crippen LogP contribution in [0.5, 0.6) is 0 Å². The van der Waals surface area contributed by atoms with Crippen LogP contribution >= 0.6 is 0 Å². The minimum Gasteiger partial charge on any atom is -0.481 e. The zero-order chi connectivity index (χ0) is 13.1. The number of carboxylic acids is 1. The van der Waals surface area contributed by atoms with Gasteiger partial charge in [0.15, 0.2) is 0 Å². The third-order valence-electron chi connectivity index (χ3n) is 3.31. The molecule has 0 radical (unpaired) electrons. The molecule has 1 saturated carbocycles. The molecule has 1 aromatic rings. The summed E-state index contributed by atoms with van der Waals surface area (Å²) in [5.41, 5.74) is 1.05. The summed E-state index contributed by atoms with van der Waals surface area (Å²) >= 11 is 0. The van der Waals surface area contributed by atoms with E-state index in [0.717, 1.165) is 18.4 Å². The van der Waals surface area contributed by atoms with Gasteiger partial charge in [-0.1, -0.05) is 30.3 Å². The Balaban J connectivity index is 2.08. The Morgan fingerprint density at radius 2 is 1.89 bits per heavy atom. The Kier molecular flexibility index (Phi) is 3.65. The van der Waals surface area contributed by atoms with Gasteiger partial charge in [0, 0.05) is 0 Å². The van der Waals surface area contributed by atoms with Crippen molar-refractivity contribution in [3.63, 3.8) is 0 Å². The Labute approximate surface area is 106 Å². The summed E-state index contributed by atoms with van der Waals surface area (Å²) in [6.45, 7) is 1.41. The maximum Gasteiger partial charge on any atom is 0.315 e. The number of carbonyl (C=O) groups is 2. The summed E-state index contributed by atoms with van der Waals surface area (Å²) in [5, 5.41) is 11.7. The van der Waals surface area contributed by atoms with Crippen LogP contribution in [0.2, 0.25) is 0 Å². The van der Waals surface area contributed by atoms with Gasteiger partial charge in [0.05, 0.1) is 6.04 Å². The molecule has 96 valence electrons. The van der Waals surface area contributed by atoms with Gasteiger partial charge < -0.3 is 10.4 Å². The molecule has 0 bridgehead atoms. The highest BCUT2D eigenvalue weighted by Crippen LogP contribution is 2.41. The number of carboxylic acid groups (broad SMARTS) is 1. The molecule has 1 aliphatic carbocycles. The molecule has 4 nitrogen and oxygen atoms in total. The van der Waals surface area contributed by atoms with Crippen molar-refractivity contribution < 1.29 is 14.7 Å². The molecule has 2 unspecified atom stereocenters. The third kappa shape index (κ3) is 2.88. The molecule has 2 atom stereocenters. The molecule has 2 N–H and O–H groups in total.